The molecular weight excluding hydrogens is 230 g/mol. The van der Waals surface area contributed by atoms with Crippen LogP contribution in [-0.2, 0) is 11.2 Å². The molecule has 0 aromatic carbocycles. The second-order valence-electron chi connectivity index (χ2n) is 5.55. The number of piperidine rings is 1. The van der Waals surface area contributed by atoms with Crippen LogP contribution in [0, 0.1) is 0 Å². The molecule has 2 heterocycles. The summed E-state index contributed by atoms with van der Waals surface area (Å²) in [7, 11) is 1.71. The highest BCUT2D eigenvalue weighted by atomic mass is 16.5. The Kier molecular flexibility index (Phi) is 3.87. The fraction of sp³-hybridized carbons (Fsp3) is 0.833. The first kappa shape index (κ1) is 13.3. The maximum atomic E-state index is 5.89. The summed E-state index contributed by atoms with van der Waals surface area (Å²) < 4.78 is 5.39. The molecule has 0 atom stereocenters. The van der Waals surface area contributed by atoms with Gasteiger partial charge in [-0.25, -0.2) is 0 Å². The smallest absolute Gasteiger partial charge is 0.244 e. The Hall–Kier alpha value is -1.14. The fourth-order valence-electron chi connectivity index (χ4n) is 2.08. The molecule has 0 spiro atoms. The molecule has 0 unspecified atom stereocenters. The summed E-state index contributed by atoms with van der Waals surface area (Å²) in [5, 5.41) is 7.27. The Morgan fingerprint density at radius 1 is 1.44 bits per heavy atom. The molecule has 0 amide bonds. The Bertz CT molecular complexity index is 382. The maximum absolute atomic E-state index is 5.89. The number of anilines is 1. The third-order valence-electron chi connectivity index (χ3n) is 3.49. The number of aromatic nitrogens is 3. The lowest BCUT2D eigenvalue weighted by Gasteiger charge is -2.29. The van der Waals surface area contributed by atoms with E-state index in [1.165, 1.54) is 0 Å². The molecule has 1 aromatic heterocycles. The topological polar surface area (TPSA) is 80.1 Å². The van der Waals surface area contributed by atoms with Crippen LogP contribution >= 0.6 is 0 Å². The van der Waals surface area contributed by atoms with Gasteiger partial charge >= 0.3 is 0 Å². The van der Waals surface area contributed by atoms with Gasteiger partial charge in [0.1, 0.15) is 5.82 Å². The molecule has 18 heavy (non-hydrogen) atoms. The van der Waals surface area contributed by atoms with Crippen molar-refractivity contribution in [3.05, 3.63) is 5.82 Å². The van der Waals surface area contributed by atoms with Crippen molar-refractivity contribution in [2.24, 2.45) is 5.73 Å². The minimum atomic E-state index is -0.221. The van der Waals surface area contributed by atoms with E-state index in [1.807, 2.05) is 13.8 Å². The maximum Gasteiger partial charge on any atom is 0.244 e. The van der Waals surface area contributed by atoms with Crippen molar-refractivity contribution in [2.45, 2.75) is 44.8 Å². The summed E-state index contributed by atoms with van der Waals surface area (Å²) in [4.78, 5) is 6.71. The first-order chi connectivity index (χ1) is 8.50. The molecule has 3 N–H and O–H groups in total. The summed E-state index contributed by atoms with van der Waals surface area (Å²) in [6, 6.07) is 0.326. The first-order valence-electron chi connectivity index (χ1n) is 6.47. The van der Waals surface area contributed by atoms with Crippen LogP contribution in [0.1, 0.15) is 32.5 Å². The summed E-state index contributed by atoms with van der Waals surface area (Å²) in [6.07, 6.45) is 2.74. The number of hydrogen-bond acceptors (Lipinski definition) is 5. The van der Waals surface area contributed by atoms with Crippen molar-refractivity contribution in [3.8, 4) is 0 Å². The van der Waals surface area contributed by atoms with Crippen LogP contribution in [0.4, 0.5) is 5.95 Å². The van der Waals surface area contributed by atoms with E-state index in [0.717, 1.165) is 44.1 Å². The zero-order chi connectivity index (χ0) is 13.2. The lowest BCUT2D eigenvalue weighted by molar-refractivity contribution is 0.0216. The molecule has 1 aromatic rings. The highest BCUT2D eigenvalue weighted by Crippen LogP contribution is 2.18. The van der Waals surface area contributed by atoms with Crippen molar-refractivity contribution in [2.75, 3.05) is 25.1 Å². The number of nitrogens with one attached hydrogen (secondary N) is 1. The van der Waals surface area contributed by atoms with Crippen LogP contribution in [0.2, 0.25) is 0 Å². The van der Waals surface area contributed by atoms with Crippen molar-refractivity contribution < 1.29 is 4.74 Å². The number of H-pyrrole nitrogens is 1. The minimum Gasteiger partial charge on any atom is -0.378 e. The second kappa shape index (κ2) is 5.24. The van der Waals surface area contributed by atoms with Crippen LogP contribution in [0.5, 0.6) is 0 Å². The number of aromatic amines is 1. The molecule has 0 aliphatic carbocycles. The highest BCUT2D eigenvalue weighted by Gasteiger charge is 2.22. The Morgan fingerprint density at radius 2 is 2.11 bits per heavy atom. The monoisotopic (exact) mass is 253 g/mol. The number of nitrogens with zero attached hydrogens (tertiary/aromatic N) is 3. The van der Waals surface area contributed by atoms with Crippen LogP contribution in [0.3, 0.4) is 0 Å². The summed E-state index contributed by atoms with van der Waals surface area (Å²) in [5.74, 6) is 1.65. The highest BCUT2D eigenvalue weighted by molar-refractivity contribution is 5.29. The van der Waals surface area contributed by atoms with Gasteiger partial charge in [0, 0.05) is 32.7 Å². The zero-order valence-electron chi connectivity index (χ0n) is 11.4. The van der Waals surface area contributed by atoms with E-state index in [-0.39, 0.29) is 5.60 Å². The molecule has 1 aliphatic rings. The number of nitrogens with two attached hydrogens (primary N) is 1. The Labute approximate surface area is 108 Å². The molecule has 0 saturated carbocycles. The van der Waals surface area contributed by atoms with E-state index < -0.39 is 0 Å². The van der Waals surface area contributed by atoms with Crippen LogP contribution in [-0.4, -0.2) is 47.0 Å². The van der Waals surface area contributed by atoms with Gasteiger partial charge < -0.3 is 15.4 Å². The Morgan fingerprint density at radius 3 is 2.72 bits per heavy atom. The van der Waals surface area contributed by atoms with E-state index in [1.54, 1.807) is 7.11 Å². The predicted molar refractivity (Wildman–Crippen MR) is 70.6 cm³/mol. The molecule has 2 rings (SSSR count). The summed E-state index contributed by atoms with van der Waals surface area (Å²) in [6.45, 7) is 5.95. The van der Waals surface area contributed by atoms with Crippen LogP contribution < -0.4 is 10.6 Å². The zero-order valence-corrected chi connectivity index (χ0v) is 11.4. The largest absolute Gasteiger partial charge is 0.378 e. The quantitative estimate of drug-likeness (QED) is 0.825. The molecule has 1 fully saturated rings. The van der Waals surface area contributed by atoms with Gasteiger partial charge in [-0.05, 0) is 26.7 Å². The number of ether oxygens (including phenoxy) is 1. The third kappa shape index (κ3) is 3.20. The fourth-order valence-corrected chi connectivity index (χ4v) is 2.08. The van der Waals surface area contributed by atoms with Gasteiger partial charge in [0.2, 0.25) is 5.95 Å². The molecule has 1 aliphatic heterocycles. The molecule has 6 heteroatoms. The standard InChI is InChI=1S/C12H23N5O/c1-12(2,18-3)8-10-14-11(16-15-10)17-6-4-9(13)5-7-17/h9H,4-8,13H2,1-3H3,(H,14,15,16). The van der Waals surface area contributed by atoms with Gasteiger partial charge in [0.15, 0.2) is 0 Å². The van der Waals surface area contributed by atoms with Crippen LogP contribution in [0.25, 0.3) is 0 Å². The predicted octanol–water partition coefficient (Wildman–Crippen LogP) is 0.700. The molecule has 0 radical (unpaired) electrons. The first-order valence-corrected chi connectivity index (χ1v) is 6.47. The molecule has 6 nitrogen and oxygen atoms in total. The number of rotatable bonds is 4. The number of methoxy groups -OCH3 is 1. The molecule has 1 saturated heterocycles. The lowest BCUT2D eigenvalue weighted by Crippen LogP contribution is -2.40. The van der Waals surface area contributed by atoms with E-state index in [0.29, 0.717) is 6.04 Å². The van der Waals surface area contributed by atoms with Gasteiger partial charge in [-0.3, -0.25) is 5.10 Å². The van der Waals surface area contributed by atoms with Crippen LogP contribution in [0.15, 0.2) is 0 Å². The van der Waals surface area contributed by atoms with E-state index >= 15 is 0 Å². The van der Waals surface area contributed by atoms with E-state index in [9.17, 15) is 0 Å². The van der Waals surface area contributed by atoms with E-state index in [2.05, 4.69) is 20.1 Å². The van der Waals surface area contributed by atoms with Crippen molar-refractivity contribution in [1.29, 1.82) is 0 Å². The van der Waals surface area contributed by atoms with Gasteiger partial charge in [0.05, 0.1) is 5.60 Å². The molecule has 0 bridgehead atoms. The number of hydrogen-bond donors (Lipinski definition) is 2. The van der Waals surface area contributed by atoms with E-state index in [4.69, 9.17) is 10.5 Å². The molecular formula is C12H23N5O. The summed E-state index contributed by atoms with van der Waals surface area (Å²) >= 11 is 0. The van der Waals surface area contributed by atoms with Gasteiger partial charge in [-0.1, -0.05) is 0 Å². The second-order valence-corrected chi connectivity index (χ2v) is 5.55. The van der Waals surface area contributed by atoms with Crippen molar-refractivity contribution in [1.82, 2.24) is 15.2 Å². The lowest BCUT2D eigenvalue weighted by atomic mass is 10.1. The SMILES string of the molecule is COC(C)(C)Cc1nc(N2CCC(N)CC2)n[nH]1. The van der Waals surface area contributed by atoms with Gasteiger partial charge in [-0.2, -0.15) is 4.98 Å². The minimum absolute atomic E-state index is 0.221. The molecule has 102 valence electrons. The average molecular weight is 253 g/mol. The average Bonchev–Trinajstić information content (AvgIpc) is 2.78. The normalized spacial score (nSPS) is 18.3. The van der Waals surface area contributed by atoms with Gasteiger partial charge in [-0.15, -0.1) is 5.10 Å². The van der Waals surface area contributed by atoms with Crippen molar-refractivity contribution in [3.63, 3.8) is 0 Å². The Balaban J connectivity index is 1.98. The van der Waals surface area contributed by atoms with Gasteiger partial charge in [0.25, 0.3) is 0 Å². The van der Waals surface area contributed by atoms with Crippen molar-refractivity contribution >= 4 is 5.95 Å². The third-order valence-corrected chi connectivity index (χ3v) is 3.49. The summed E-state index contributed by atoms with van der Waals surface area (Å²) in [5.41, 5.74) is 5.67.